The van der Waals surface area contributed by atoms with Crippen molar-refractivity contribution >= 4 is 23.2 Å². The highest BCUT2D eigenvalue weighted by atomic mass is 32.1. The SMILES string of the molecule is Cc1nn(C)cc1C(=O)/C=C\c1csc(-c2ccccn2)n1. The number of allylic oxidation sites excluding steroid dienone is 1. The standard InChI is InChI=1S/C16H14N4OS/c1-11-13(9-20(2)19-11)15(21)7-6-12-10-22-16(18-12)14-5-3-4-8-17-14/h3-10H,1-2H3/b7-6-. The van der Waals surface area contributed by atoms with Crippen LogP contribution in [0.1, 0.15) is 21.7 Å². The van der Waals surface area contributed by atoms with Crippen molar-refractivity contribution in [1.82, 2.24) is 19.7 Å². The van der Waals surface area contributed by atoms with Gasteiger partial charge in [-0.15, -0.1) is 11.3 Å². The molecule has 0 aromatic carbocycles. The van der Waals surface area contributed by atoms with Crippen LogP contribution in [0.25, 0.3) is 16.8 Å². The minimum atomic E-state index is -0.0713. The van der Waals surface area contributed by atoms with Gasteiger partial charge < -0.3 is 0 Å². The van der Waals surface area contributed by atoms with Crippen molar-refractivity contribution in [2.45, 2.75) is 6.92 Å². The molecule has 0 spiro atoms. The van der Waals surface area contributed by atoms with Crippen molar-refractivity contribution in [3.63, 3.8) is 0 Å². The van der Waals surface area contributed by atoms with Crippen LogP contribution in [-0.4, -0.2) is 25.5 Å². The zero-order valence-electron chi connectivity index (χ0n) is 12.2. The Labute approximate surface area is 132 Å². The molecule has 5 nitrogen and oxygen atoms in total. The van der Waals surface area contributed by atoms with Crippen LogP contribution in [-0.2, 0) is 7.05 Å². The summed E-state index contributed by atoms with van der Waals surface area (Å²) in [6.07, 6.45) is 6.71. The maximum atomic E-state index is 12.2. The average Bonchev–Trinajstić information content (AvgIpc) is 3.12. The number of carbonyl (C=O) groups is 1. The van der Waals surface area contributed by atoms with Gasteiger partial charge in [0.15, 0.2) is 5.78 Å². The van der Waals surface area contributed by atoms with Crippen molar-refractivity contribution < 1.29 is 4.79 Å². The van der Waals surface area contributed by atoms with Crippen molar-refractivity contribution in [2.24, 2.45) is 7.05 Å². The third kappa shape index (κ3) is 3.01. The lowest BCUT2D eigenvalue weighted by atomic mass is 10.1. The monoisotopic (exact) mass is 310 g/mol. The summed E-state index contributed by atoms with van der Waals surface area (Å²) >= 11 is 1.50. The van der Waals surface area contributed by atoms with E-state index in [2.05, 4.69) is 15.1 Å². The zero-order chi connectivity index (χ0) is 15.5. The van der Waals surface area contributed by atoms with Crippen LogP contribution in [0.4, 0.5) is 0 Å². The Bertz CT molecular complexity index is 833. The highest BCUT2D eigenvalue weighted by molar-refractivity contribution is 7.13. The molecule has 0 atom stereocenters. The number of nitrogens with zero attached hydrogens (tertiary/aromatic N) is 4. The van der Waals surface area contributed by atoms with E-state index in [1.165, 1.54) is 17.4 Å². The van der Waals surface area contributed by atoms with Crippen molar-refractivity contribution in [1.29, 1.82) is 0 Å². The quantitative estimate of drug-likeness (QED) is 0.548. The van der Waals surface area contributed by atoms with Gasteiger partial charge in [-0.25, -0.2) is 4.98 Å². The second-order valence-corrected chi connectivity index (χ2v) is 5.65. The van der Waals surface area contributed by atoms with Crippen LogP contribution in [0, 0.1) is 6.92 Å². The van der Waals surface area contributed by atoms with Gasteiger partial charge in [-0.05, 0) is 31.2 Å². The molecule has 3 rings (SSSR count). The molecule has 0 aliphatic carbocycles. The minimum Gasteiger partial charge on any atom is -0.289 e. The number of hydrogen-bond donors (Lipinski definition) is 0. The van der Waals surface area contributed by atoms with Crippen molar-refractivity contribution in [3.05, 3.63) is 59.0 Å². The van der Waals surface area contributed by atoms with E-state index in [9.17, 15) is 4.79 Å². The van der Waals surface area contributed by atoms with Crippen molar-refractivity contribution in [2.75, 3.05) is 0 Å². The first-order valence-corrected chi connectivity index (χ1v) is 7.61. The van der Waals surface area contributed by atoms with Gasteiger partial charge in [0.25, 0.3) is 0 Å². The molecule has 0 saturated carbocycles. The van der Waals surface area contributed by atoms with Crippen LogP contribution in [0.5, 0.6) is 0 Å². The number of thiazole rings is 1. The van der Waals surface area contributed by atoms with Crippen LogP contribution in [0.2, 0.25) is 0 Å². The first-order chi connectivity index (χ1) is 10.6. The Morgan fingerprint density at radius 1 is 1.36 bits per heavy atom. The van der Waals surface area contributed by atoms with Gasteiger partial charge in [0.05, 0.1) is 22.6 Å². The van der Waals surface area contributed by atoms with Gasteiger partial charge in [0.1, 0.15) is 5.01 Å². The van der Waals surface area contributed by atoms with Gasteiger partial charge in [-0.1, -0.05) is 6.07 Å². The zero-order valence-corrected chi connectivity index (χ0v) is 13.0. The van der Waals surface area contributed by atoms with E-state index in [-0.39, 0.29) is 5.78 Å². The average molecular weight is 310 g/mol. The molecule has 0 radical (unpaired) electrons. The third-order valence-electron chi connectivity index (χ3n) is 3.09. The van der Waals surface area contributed by atoms with Crippen LogP contribution < -0.4 is 0 Å². The Morgan fingerprint density at radius 3 is 2.91 bits per heavy atom. The van der Waals surface area contributed by atoms with E-state index >= 15 is 0 Å². The summed E-state index contributed by atoms with van der Waals surface area (Å²) in [4.78, 5) is 20.9. The molecule has 0 amide bonds. The lowest BCUT2D eigenvalue weighted by molar-refractivity contribution is 0.104. The first kappa shape index (κ1) is 14.3. The molecular formula is C16H14N4OS. The van der Waals surface area contributed by atoms with Crippen LogP contribution in [0.3, 0.4) is 0 Å². The fourth-order valence-corrected chi connectivity index (χ4v) is 2.83. The lowest BCUT2D eigenvalue weighted by Gasteiger charge is -1.92. The Hall–Kier alpha value is -2.60. The highest BCUT2D eigenvalue weighted by Crippen LogP contribution is 2.22. The molecule has 6 heteroatoms. The number of aryl methyl sites for hydroxylation is 2. The second kappa shape index (κ2) is 6.03. The van der Waals surface area contributed by atoms with E-state index in [1.807, 2.05) is 30.5 Å². The summed E-state index contributed by atoms with van der Waals surface area (Å²) in [5.41, 5.74) is 2.92. The van der Waals surface area contributed by atoms with Gasteiger partial charge in [-0.2, -0.15) is 5.10 Å². The number of ketones is 1. The molecule has 0 aliphatic heterocycles. The summed E-state index contributed by atoms with van der Waals surface area (Å²) < 4.78 is 1.64. The summed E-state index contributed by atoms with van der Waals surface area (Å²) in [5, 5.41) is 6.92. The second-order valence-electron chi connectivity index (χ2n) is 4.79. The summed E-state index contributed by atoms with van der Waals surface area (Å²) in [5.74, 6) is -0.0713. The van der Waals surface area contributed by atoms with Gasteiger partial charge in [0.2, 0.25) is 0 Å². The van der Waals surface area contributed by atoms with Crippen LogP contribution >= 0.6 is 11.3 Å². The van der Waals surface area contributed by atoms with Gasteiger partial charge in [0, 0.05) is 24.8 Å². The maximum absolute atomic E-state index is 12.2. The topological polar surface area (TPSA) is 60.7 Å². The summed E-state index contributed by atoms with van der Waals surface area (Å²) in [6.45, 7) is 1.82. The molecule has 22 heavy (non-hydrogen) atoms. The molecule has 3 heterocycles. The predicted octanol–water partition coefficient (Wildman–Crippen LogP) is 3.14. The number of aromatic nitrogens is 4. The van der Waals surface area contributed by atoms with Gasteiger partial charge >= 0.3 is 0 Å². The molecule has 3 aromatic rings. The highest BCUT2D eigenvalue weighted by Gasteiger charge is 2.10. The van der Waals surface area contributed by atoms with E-state index in [0.29, 0.717) is 5.56 Å². The molecule has 110 valence electrons. The largest absolute Gasteiger partial charge is 0.289 e. The van der Waals surface area contributed by atoms with E-state index in [4.69, 9.17) is 0 Å². The Kier molecular flexibility index (Phi) is 3.93. The summed E-state index contributed by atoms with van der Waals surface area (Å²) in [7, 11) is 1.80. The minimum absolute atomic E-state index is 0.0713. The lowest BCUT2D eigenvalue weighted by Crippen LogP contribution is -1.94. The molecule has 3 aromatic heterocycles. The molecule has 0 bridgehead atoms. The van der Waals surface area contributed by atoms with Gasteiger partial charge in [-0.3, -0.25) is 14.5 Å². The number of hydrogen-bond acceptors (Lipinski definition) is 5. The summed E-state index contributed by atoms with van der Waals surface area (Å²) in [6, 6.07) is 5.71. The fourth-order valence-electron chi connectivity index (χ4n) is 2.06. The number of carbonyl (C=O) groups excluding carboxylic acids is 1. The Morgan fingerprint density at radius 2 is 2.23 bits per heavy atom. The molecule has 0 N–H and O–H groups in total. The molecule has 0 unspecified atom stereocenters. The van der Waals surface area contributed by atoms with Crippen LogP contribution in [0.15, 0.2) is 42.0 Å². The maximum Gasteiger partial charge on any atom is 0.189 e. The predicted molar refractivity (Wildman–Crippen MR) is 86.7 cm³/mol. The number of rotatable bonds is 4. The van der Waals surface area contributed by atoms with E-state index in [1.54, 1.807) is 30.2 Å². The molecule has 0 fully saturated rings. The normalized spacial score (nSPS) is 11.2. The molecule has 0 saturated heterocycles. The molecular weight excluding hydrogens is 296 g/mol. The third-order valence-corrected chi connectivity index (χ3v) is 3.97. The van der Waals surface area contributed by atoms with E-state index in [0.717, 1.165) is 22.1 Å². The van der Waals surface area contributed by atoms with E-state index < -0.39 is 0 Å². The van der Waals surface area contributed by atoms with Crippen molar-refractivity contribution in [3.8, 4) is 10.7 Å². The Balaban J connectivity index is 1.78. The molecule has 0 aliphatic rings. The fraction of sp³-hybridized carbons (Fsp3) is 0.125. The smallest absolute Gasteiger partial charge is 0.189 e. The first-order valence-electron chi connectivity index (χ1n) is 6.73. The number of pyridine rings is 1.